The van der Waals surface area contributed by atoms with Gasteiger partial charge in [-0.2, -0.15) is 0 Å². The lowest BCUT2D eigenvalue weighted by atomic mass is 10.2. The van der Waals surface area contributed by atoms with Gasteiger partial charge in [0.25, 0.3) is 0 Å². The molecule has 0 saturated heterocycles. The minimum Gasteiger partial charge on any atom is -0.318 e. The Hall–Kier alpha value is -1.94. The molecule has 2 aromatic rings. The molecular weight excluding hydrogens is 279 g/mol. The minimum atomic E-state index is -0.288. The Bertz CT molecular complexity index is 717. The molecule has 0 atom stereocenters. The molecule has 1 fully saturated rings. The van der Waals surface area contributed by atoms with Crippen LogP contribution in [0.3, 0.4) is 0 Å². The van der Waals surface area contributed by atoms with E-state index in [2.05, 4.69) is 5.32 Å². The van der Waals surface area contributed by atoms with Crippen molar-refractivity contribution in [2.75, 3.05) is 0 Å². The van der Waals surface area contributed by atoms with E-state index < -0.39 is 0 Å². The topological polar surface area (TPSA) is 34.0 Å². The van der Waals surface area contributed by atoms with Crippen LogP contribution in [-0.2, 0) is 6.54 Å². The molecule has 0 aliphatic heterocycles. The van der Waals surface area contributed by atoms with Crippen molar-refractivity contribution in [1.29, 1.82) is 0 Å². The van der Waals surface area contributed by atoms with E-state index in [-0.39, 0.29) is 11.2 Å². The summed E-state index contributed by atoms with van der Waals surface area (Å²) in [4.78, 5) is 12.2. The number of nitrogens with zero attached hydrogens (tertiary/aromatic N) is 1. The van der Waals surface area contributed by atoms with Gasteiger partial charge in [0.1, 0.15) is 5.82 Å². The van der Waals surface area contributed by atoms with Gasteiger partial charge in [0.15, 0.2) is 5.43 Å². The van der Waals surface area contributed by atoms with Gasteiger partial charge in [-0.1, -0.05) is 25.0 Å². The number of nitrogens with one attached hydrogen (secondary N) is 1. The third kappa shape index (κ3) is 3.12. The molecule has 0 amide bonds. The fourth-order valence-electron chi connectivity index (χ4n) is 3.10. The molecule has 1 aromatic heterocycles. The molecule has 116 valence electrons. The van der Waals surface area contributed by atoms with Gasteiger partial charge < -0.3 is 9.88 Å². The first-order valence-electron chi connectivity index (χ1n) is 7.85. The van der Waals surface area contributed by atoms with Gasteiger partial charge in [-0.3, -0.25) is 4.79 Å². The van der Waals surface area contributed by atoms with Crippen molar-refractivity contribution in [2.24, 2.45) is 0 Å². The SMILES string of the molecule is Cc1cc(=O)c(CNC2CCCC2)cn1-c1ccccc1F. The average molecular weight is 300 g/mol. The second-order valence-corrected chi connectivity index (χ2v) is 5.99. The van der Waals surface area contributed by atoms with Crippen molar-refractivity contribution in [3.63, 3.8) is 0 Å². The third-order valence-corrected chi connectivity index (χ3v) is 4.37. The molecule has 1 aliphatic rings. The van der Waals surface area contributed by atoms with Gasteiger partial charge in [0.05, 0.1) is 5.69 Å². The maximum Gasteiger partial charge on any atom is 0.186 e. The van der Waals surface area contributed by atoms with E-state index in [1.54, 1.807) is 35.0 Å². The Morgan fingerprint density at radius 2 is 2.00 bits per heavy atom. The molecule has 3 nitrogen and oxygen atoms in total. The summed E-state index contributed by atoms with van der Waals surface area (Å²) in [6.07, 6.45) is 6.62. The van der Waals surface area contributed by atoms with E-state index in [9.17, 15) is 9.18 Å². The van der Waals surface area contributed by atoms with E-state index in [1.165, 1.54) is 31.7 Å². The highest BCUT2D eigenvalue weighted by Crippen LogP contribution is 2.18. The maximum absolute atomic E-state index is 14.0. The fraction of sp³-hybridized carbons (Fsp3) is 0.389. The lowest BCUT2D eigenvalue weighted by molar-refractivity contribution is 0.521. The number of benzene rings is 1. The number of rotatable bonds is 4. The summed E-state index contributed by atoms with van der Waals surface area (Å²) < 4.78 is 15.8. The van der Waals surface area contributed by atoms with Gasteiger partial charge in [0.2, 0.25) is 0 Å². The second-order valence-electron chi connectivity index (χ2n) is 5.99. The number of aromatic nitrogens is 1. The Labute approximate surface area is 129 Å². The highest BCUT2D eigenvalue weighted by Gasteiger charge is 2.15. The minimum absolute atomic E-state index is 0.00980. The van der Waals surface area contributed by atoms with E-state index in [1.807, 2.05) is 6.92 Å². The molecule has 0 spiro atoms. The standard InChI is InChI=1S/C18H21FN2O/c1-13-10-18(22)14(11-20-15-6-2-3-7-15)12-21(13)17-9-5-4-8-16(17)19/h4-5,8-10,12,15,20H,2-3,6-7,11H2,1H3. The van der Waals surface area contributed by atoms with Crippen LogP contribution in [0.25, 0.3) is 5.69 Å². The first kappa shape index (κ1) is 15.0. The van der Waals surface area contributed by atoms with Crippen LogP contribution in [0.1, 0.15) is 36.9 Å². The Kier molecular flexibility index (Phi) is 4.39. The van der Waals surface area contributed by atoms with Gasteiger partial charge >= 0.3 is 0 Å². The smallest absolute Gasteiger partial charge is 0.186 e. The lowest BCUT2D eigenvalue weighted by Crippen LogP contribution is -2.28. The van der Waals surface area contributed by atoms with Gasteiger partial charge in [-0.15, -0.1) is 0 Å². The van der Waals surface area contributed by atoms with Crippen LogP contribution in [0, 0.1) is 12.7 Å². The van der Waals surface area contributed by atoms with Crippen LogP contribution in [-0.4, -0.2) is 10.6 Å². The summed E-state index contributed by atoms with van der Waals surface area (Å²) in [7, 11) is 0. The Morgan fingerprint density at radius 1 is 1.27 bits per heavy atom. The molecule has 1 saturated carbocycles. The summed E-state index contributed by atoms with van der Waals surface area (Å²) in [5.74, 6) is -0.288. The van der Waals surface area contributed by atoms with Gasteiger partial charge in [0, 0.05) is 36.1 Å². The predicted octanol–water partition coefficient (Wildman–Crippen LogP) is 3.32. The molecule has 1 aliphatic carbocycles. The molecule has 1 heterocycles. The average Bonchev–Trinajstić information content (AvgIpc) is 3.01. The summed E-state index contributed by atoms with van der Waals surface area (Å²) in [6.45, 7) is 2.36. The third-order valence-electron chi connectivity index (χ3n) is 4.37. The molecule has 0 bridgehead atoms. The van der Waals surface area contributed by atoms with Crippen LogP contribution in [0.2, 0.25) is 0 Å². The fourth-order valence-corrected chi connectivity index (χ4v) is 3.10. The quantitative estimate of drug-likeness (QED) is 0.940. The maximum atomic E-state index is 14.0. The molecule has 22 heavy (non-hydrogen) atoms. The largest absolute Gasteiger partial charge is 0.318 e. The number of hydrogen-bond donors (Lipinski definition) is 1. The molecule has 3 rings (SSSR count). The van der Waals surface area contributed by atoms with Crippen LogP contribution in [0.15, 0.2) is 41.3 Å². The zero-order chi connectivity index (χ0) is 15.5. The number of aryl methyl sites for hydroxylation is 1. The monoisotopic (exact) mass is 300 g/mol. The summed E-state index contributed by atoms with van der Waals surface area (Å²) in [6, 6.07) is 8.70. The van der Waals surface area contributed by atoms with Crippen LogP contribution in [0.5, 0.6) is 0 Å². The predicted molar refractivity (Wildman–Crippen MR) is 85.8 cm³/mol. The Morgan fingerprint density at radius 3 is 2.73 bits per heavy atom. The summed E-state index contributed by atoms with van der Waals surface area (Å²) in [5.41, 5.74) is 1.90. The van der Waals surface area contributed by atoms with Crippen molar-refractivity contribution >= 4 is 0 Å². The summed E-state index contributed by atoms with van der Waals surface area (Å²) >= 11 is 0. The van der Waals surface area contributed by atoms with Crippen molar-refractivity contribution < 1.29 is 4.39 Å². The van der Waals surface area contributed by atoms with Crippen LogP contribution >= 0.6 is 0 Å². The van der Waals surface area contributed by atoms with E-state index >= 15 is 0 Å². The molecule has 4 heteroatoms. The highest BCUT2D eigenvalue weighted by molar-refractivity contribution is 5.36. The number of hydrogen-bond acceptors (Lipinski definition) is 2. The van der Waals surface area contributed by atoms with Crippen LogP contribution in [0.4, 0.5) is 4.39 Å². The summed E-state index contributed by atoms with van der Waals surface area (Å²) in [5, 5.41) is 3.44. The van der Waals surface area contributed by atoms with E-state index in [0.717, 1.165) is 5.69 Å². The van der Waals surface area contributed by atoms with E-state index in [4.69, 9.17) is 0 Å². The molecule has 0 unspecified atom stereocenters. The van der Waals surface area contributed by atoms with E-state index in [0.29, 0.717) is 23.8 Å². The molecule has 1 N–H and O–H groups in total. The van der Waals surface area contributed by atoms with Gasteiger partial charge in [-0.25, -0.2) is 4.39 Å². The number of para-hydroxylation sites is 1. The lowest BCUT2D eigenvalue weighted by Gasteiger charge is -2.15. The number of pyridine rings is 1. The second kappa shape index (κ2) is 6.44. The van der Waals surface area contributed by atoms with Crippen molar-refractivity contribution in [1.82, 2.24) is 9.88 Å². The van der Waals surface area contributed by atoms with Crippen LogP contribution < -0.4 is 10.7 Å². The van der Waals surface area contributed by atoms with Crippen molar-refractivity contribution in [2.45, 2.75) is 45.2 Å². The van der Waals surface area contributed by atoms with Crippen molar-refractivity contribution in [3.8, 4) is 5.69 Å². The first-order chi connectivity index (χ1) is 10.6. The van der Waals surface area contributed by atoms with Crippen molar-refractivity contribution in [3.05, 3.63) is 63.8 Å². The number of halogens is 1. The molecule has 0 radical (unpaired) electrons. The molecular formula is C18H21FN2O. The first-order valence-corrected chi connectivity index (χ1v) is 7.85. The van der Waals surface area contributed by atoms with Gasteiger partial charge in [-0.05, 0) is 31.9 Å². The highest BCUT2D eigenvalue weighted by atomic mass is 19.1. The molecule has 1 aromatic carbocycles. The Balaban J connectivity index is 1.89. The zero-order valence-electron chi connectivity index (χ0n) is 12.8. The normalized spacial score (nSPS) is 15.4. The zero-order valence-corrected chi connectivity index (χ0v) is 12.8.